The molecule has 0 aromatic heterocycles. The van der Waals surface area contributed by atoms with Crippen LogP contribution in [0.4, 0.5) is 11.4 Å². The van der Waals surface area contributed by atoms with Gasteiger partial charge in [0.25, 0.3) is 5.91 Å². The van der Waals surface area contributed by atoms with E-state index >= 15 is 0 Å². The first kappa shape index (κ1) is 20.9. The molecule has 4 rings (SSSR count). The summed E-state index contributed by atoms with van der Waals surface area (Å²) in [4.78, 5) is 27.4. The molecule has 1 fully saturated rings. The third-order valence-electron chi connectivity index (χ3n) is 5.07. The number of amides is 2. The summed E-state index contributed by atoms with van der Waals surface area (Å²) in [6.07, 6.45) is 0. The van der Waals surface area contributed by atoms with Crippen LogP contribution < -0.4 is 10.6 Å². The Morgan fingerprint density at radius 1 is 1.10 bits per heavy atom. The van der Waals surface area contributed by atoms with Gasteiger partial charge in [0.05, 0.1) is 16.3 Å². The molecule has 0 aliphatic carbocycles. The summed E-state index contributed by atoms with van der Waals surface area (Å²) < 4.78 is 27.4. The molecule has 0 spiro atoms. The number of carbonyl (C=O) groups is 2. The molecule has 0 saturated carbocycles. The lowest BCUT2D eigenvalue weighted by molar-refractivity contribution is -0.113. The summed E-state index contributed by atoms with van der Waals surface area (Å²) >= 11 is 1.44. The van der Waals surface area contributed by atoms with Crippen molar-refractivity contribution in [2.75, 3.05) is 49.6 Å². The van der Waals surface area contributed by atoms with Gasteiger partial charge in [0, 0.05) is 42.3 Å². The monoisotopic (exact) mass is 446 g/mol. The van der Waals surface area contributed by atoms with E-state index in [9.17, 15) is 18.0 Å². The summed E-state index contributed by atoms with van der Waals surface area (Å²) in [6.45, 7) is 2.20. The van der Waals surface area contributed by atoms with Crippen LogP contribution in [-0.2, 0) is 14.8 Å². The first-order chi connectivity index (χ1) is 14.3. The fourth-order valence-corrected chi connectivity index (χ4v) is 5.60. The molecule has 2 amide bonds. The summed E-state index contributed by atoms with van der Waals surface area (Å²) in [5.74, 6) is -0.134. The van der Waals surface area contributed by atoms with Crippen LogP contribution in [-0.4, -0.2) is 68.4 Å². The number of likely N-dealkylation sites (N-methyl/N-ethyl adjacent to an activating group) is 1. The molecule has 0 radical (unpaired) electrons. The lowest BCUT2D eigenvalue weighted by atomic mass is 10.2. The third kappa shape index (κ3) is 4.36. The van der Waals surface area contributed by atoms with Crippen molar-refractivity contribution < 1.29 is 18.0 Å². The first-order valence-electron chi connectivity index (χ1n) is 9.50. The van der Waals surface area contributed by atoms with Crippen LogP contribution in [0.1, 0.15) is 10.4 Å². The van der Waals surface area contributed by atoms with Gasteiger partial charge in [-0.15, -0.1) is 11.8 Å². The van der Waals surface area contributed by atoms with Crippen LogP contribution >= 0.6 is 11.8 Å². The lowest BCUT2D eigenvalue weighted by Gasteiger charge is -2.31. The molecule has 0 bridgehead atoms. The zero-order chi connectivity index (χ0) is 21.3. The second kappa shape index (κ2) is 8.38. The van der Waals surface area contributed by atoms with Crippen LogP contribution in [0.15, 0.2) is 52.3 Å². The highest BCUT2D eigenvalue weighted by Gasteiger charge is 2.28. The van der Waals surface area contributed by atoms with Gasteiger partial charge in [-0.2, -0.15) is 4.31 Å². The number of anilines is 2. The van der Waals surface area contributed by atoms with E-state index in [1.807, 2.05) is 13.1 Å². The predicted octanol–water partition coefficient (Wildman–Crippen LogP) is 1.92. The minimum Gasteiger partial charge on any atom is -0.324 e. The Labute approximate surface area is 179 Å². The Morgan fingerprint density at radius 3 is 2.63 bits per heavy atom. The van der Waals surface area contributed by atoms with E-state index in [1.165, 1.54) is 28.2 Å². The Kier molecular flexibility index (Phi) is 5.83. The maximum Gasteiger partial charge on any atom is 0.255 e. The van der Waals surface area contributed by atoms with Crippen molar-refractivity contribution in [1.29, 1.82) is 0 Å². The number of rotatable bonds is 4. The Balaban J connectivity index is 1.52. The van der Waals surface area contributed by atoms with E-state index in [0.29, 0.717) is 43.3 Å². The van der Waals surface area contributed by atoms with Crippen molar-refractivity contribution >= 4 is 45.0 Å². The van der Waals surface area contributed by atoms with Gasteiger partial charge in [-0.3, -0.25) is 9.59 Å². The molecule has 2 heterocycles. The molecule has 2 aliphatic rings. The second-order valence-electron chi connectivity index (χ2n) is 7.24. The number of piperazine rings is 1. The maximum atomic E-state index is 13.0. The highest BCUT2D eigenvalue weighted by Crippen LogP contribution is 2.33. The Bertz CT molecular complexity index is 1100. The average molecular weight is 447 g/mol. The zero-order valence-corrected chi connectivity index (χ0v) is 18.1. The smallest absolute Gasteiger partial charge is 0.255 e. The number of benzene rings is 2. The van der Waals surface area contributed by atoms with Crippen molar-refractivity contribution in [3.8, 4) is 0 Å². The average Bonchev–Trinajstić information content (AvgIpc) is 2.74. The Hall–Kier alpha value is -2.40. The molecule has 0 unspecified atom stereocenters. The fraction of sp³-hybridized carbons (Fsp3) is 0.300. The van der Waals surface area contributed by atoms with Gasteiger partial charge in [0.2, 0.25) is 15.9 Å². The molecule has 30 heavy (non-hydrogen) atoms. The van der Waals surface area contributed by atoms with Crippen molar-refractivity contribution in [2.24, 2.45) is 0 Å². The predicted molar refractivity (Wildman–Crippen MR) is 116 cm³/mol. The van der Waals surface area contributed by atoms with Gasteiger partial charge < -0.3 is 15.5 Å². The third-order valence-corrected chi connectivity index (χ3v) is 8.03. The normalized spacial score (nSPS) is 17.8. The highest BCUT2D eigenvalue weighted by atomic mass is 32.2. The van der Waals surface area contributed by atoms with Crippen molar-refractivity contribution in [3.63, 3.8) is 0 Å². The molecule has 10 heteroatoms. The first-order valence-corrected chi connectivity index (χ1v) is 11.9. The molecule has 158 valence electrons. The van der Waals surface area contributed by atoms with Crippen LogP contribution in [0.2, 0.25) is 0 Å². The maximum absolute atomic E-state index is 13.0. The van der Waals surface area contributed by atoms with Gasteiger partial charge in [0.15, 0.2) is 0 Å². The van der Waals surface area contributed by atoms with Crippen molar-refractivity contribution in [1.82, 2.24) is 9.21 Å². The minimum absolute atomic E-state index is 0.0854. The standard InChI is InChI=1S/C20H22N4O4S2/c1-23-7-9-24(10-8-23)30(27,28)16-4-2-3-14(11-16)20(26)21-15-5-6-18-17(12-15)22-19(25)13-29-18/h2-6,11-12H,7-10,13H2,1H3,(H,21,26)(H,22,25). The summed E-state index contributed by atoms with van der Waals surface area (Å²) in [7, 11) is -1.70. The van der Waals surface area contributed by atoms with Gasteiger partial charge in [-0.1, -0.05) is 6.07 Å². The van der Waals surface area contributed by atoms with E-state index in [4.69, 9.17) is 0 Å². The van der Waals surface area contributed by atoms with E-state index in [2.05, 4.69) is 15.5 Å². The lowest BCUT2D eigenvalue weighted by Crippen LogP contribution is -2.47. The summed E-state index contributed by atoms with van der Waals surface area (Å²) in [5, 5.41) is 5.55. The van der Waals surface area contributed by atoms with Crippen LogP contribution in [0, 0.1) is 0 Å². The van der Waals surface area contributed by atoms with Crippen molar-refractivity contribution in [2.45, 2.75) is 9.79 Å². The van der Waals surface area contributed by atoms with Crippen LogP contribution in [0.5, 0.6) is 0 Å². The molecule has 2 aromatic rings. The largest absolute Gasteiger partial charge is 0.324 e. The molecule has 2 N–H and O–H groups in total. The molecule has 2 aromatic carbocycles. The van der Waals surface area contributed by atoms with Crippen molar-refractivity contribution in [3.05, 3.63) is 48.0 Å². The second-order valence-corrected chi connectivity index (χ2v) is 10.2. The van der Waals surface area contributed by atoms with Gasteiger partial charge >= 0.3 is 0 Å². The number of thioether (sulfide) groups is 1. The molecule has 2 aliphatic heterocycles. The number of nitrogens with one attached hydrogen (secondary N) is 2. The highest BCUT2D eigenvalue weighted by molar-refractivity contribution is 8.00. The molecular weight excluding hydrogens is 424 g/mol. The molecule has 8 nitrogen and oxygen atoms in total. The summed E-state index contributed by atoms with van der Waals surface area (Å²) in [6, 6.07) is 11.3. The van der Waals surface area contributed by atoms with E-state index in [1.54, 1.807) is 24.3 Å². The molecule has 0 atom stereocenters. The van der Waals surface area contributed by atoms with Gasteiger partial charge in [-0.25, -0.2) is 8.42 Å². The topological polar surface area (TPSA) is 98.8 Å². The number of fused-ring (bicyclic) bond motifs is 1. The Morgan fingerprint density at radius 2 is 1.87 bits per heavy atom. The number of sulfonamides is 1. The van der Waals surface area contributed by atoms with Crippen LogP contribution in [0.3, 0.4) is 0 Å². The molecule has 1 saturated heterocycles. The van der Waals surface area contributed by atoms with Gasteiger partial charge in [0.1, 0.15) is 0 Å². The number of nitrogens with zero attached hydrogens (tertiary/aromatic N) is 2. The SMILES string of the molecule is CN1CCN(S(=O)(=O)c2cccc(C(=O)Nc3ccc4c(c3)NC(=O)CS4)c2)CC1. The molecular formula is C20H22N4O4S2. The van der Waals surface area contributed by atoms with E-state index in [-0.39, 0.29) is 16.4 Å². The zero-order valence-electron chi connectivity index (χ0n) is 16.4. The minimum atomic E-state index is -3.66. The number of carbonyl (C=O) groups excluding carboxylic acids is 2. The fourth-order valence-electron chi connectivity index (χ4n) is 3.34. The van der Waals surface area contributed by atoms with Crippen LogP contribution in [0.25, 0.3) is 0 Å². The summed E-state index contributed by atoms with van der Waals surface area (Å²) in [5.41, 5.74) is 1.43. The quantitative estimate of drug-likeness (QED) is 0.745. The number of hydrogen-bond donors (Lipinski definition) is 2. The van der Waals surface area contributed by atoms with Gasteiger partial charge in [-0.05, 0) is 43.4 Å². The number of hydrogen-bond acceptors (Lipinski definition) is 6. The van der Waals surface area contributed by atoms with E-state index in [0.717, 1.165) is 4.90 Å². The van der Waals surface area contributed by atoms with E-state index < -0.39 is 15.9 Å².